The Morgan fingerprint density at radius 1 is 0.566 bits per heavy atom. The van der Waals surface area contributed by atoms with Gasteiger partial charge in [-0.2, -0.15) is 0 Å². The minimum Gasteiger partial charge on any atom is -0.480 e. The summed E-state index contributed by atoms with van der Waals surface area (Å²) in [5, 5.41) is 29.1. The zero-order chi connectivity index (χ0) is 38.6. The van der Waals surface area contributed by atoms with Gasteiger partial charge in [0, 0.05) is 32.3 Å². The highest BCUT2D eigenvalue weighted by Crippen LogP contribution is 2.16. The summed E-state index contributed by atoms with van der Waals surface area (Å²) < 4.78 is 4.98. The van der Waals surface area contributed by atoms with Crippen molar-refractivity contribution in [2.45, 2.75) is 27.1 Å². The number of oxime groups is 5. The average molecular weight is 763 g/mol. The van der Waals surface area contributed by atoms with Gasteiger partial charge in [0.25, 0.3) is 0 Å². The number of methoxy groups -OCH3 is 1. The van der Waals surface area contributed by atoms with Crippen LogP contribution in [0.5, 0.6) is 0 Å². The minimum atomic E-state index is -0.0971. The quantitative estimate of drug-likeness (QED) is 0.0708. The molecular weight excluding hydrogens is 721 g/mol. The van der Waals surface area contributed by atoms with E-state index in [9.17, 15) is 0 Å². The number of ether oxygens (including phenoxy) is 1. The molecule has 4 aromatic rings. The Balaban J connectivity index is 0.000000286. The molecule has 0 spiro atoms. The predicted molar refractivity (Wildman–Crippen MR) is 210 cm³/mol. The molecule has 13 nitrogen and oxygen atoms in total. The summed E-state index contributed by atoms with van der Waals surface area (Å²) in [4.78, 5) is 25.5. The fraction of sp³-hybridized carbons (Fsp3) is 0.211. The van der Waals surface area contributed by atoms with Crippen LogP contribution in [0.2, 0.25) is 10.0 Å². The third kappa shape index (κ3) is 13.0. The highest BCUT2D eigenvalue weighted by Gasteiger charge is 2.17. The SMILES string of the molecule is CO/N=C(/C(=N)OC)c1ccccc1CO/N=C(\C)c1ccc(Cl)cc1.CO/N=C(N)/C(=N/OC)c1ccccc1CO/N=C(\C)c1ccc(Cl)cc1. The molecule has 4 aromatic carbocycles. The first-order chi connectivity index (χ1) is 25.6. The van der Waals surface area contributed by atoms with Crippen LogP contribution in [-0.2, 0) is 42.1 Å². The lowest BCUT2D eigenvalue weighted by molar-refractivity contribution is 0.130. The molecule has 0 saturated heterocycles. The van der Waals surface area contributed by atoms with Crippen molar-refractivity contribution in [2.24, 2.45) is 31.5 Å². The average Bonchev–Trinajstić information content (AvgIpc) is 3.17. The van der Waals surface area contributed by atoms with Crippen LogP contribution in [0.25, 0.3) is 0 Å². The van der Waals surface area contributed by atoms with Crippen molar-refractivity contribution in [1.29, 1.82) is 5.41 Å². The lowest BCUT2D eigenvalue weighted by atomic mass is 10.0. The lowest BCUT2D eigenvalue weighted by Gasteiger charge is -2.11. The summed E-state index contributed by atoms with van der Waals surface area (Å²) in [6.45, 7) is 4.13. The molecule has 0 bridgehead atoms. The second-order valence-corrected chi connectivity index (χ2v) is 11.5. The number of hydrogen-bond donors (Lipinski definition) is 2. The maximum Gasteiger partial charge on any atom is 0.236 e. The first-order valence-corrected chi connectivity index (χ1v) is 16.6. The Morgan fingerprint density at radius 2 is 0.962 bits per heavy atom. The van der Waals surface area contributed by atoms with Crippen molar-refractivity contribution in [3.8, 4) is 0 Å². The van der Waals surface area contributed by atoms with E-state index in [1.54, 1.807) is 24.3 Å². The van der Waals surface area contributed by atoms with Gasteiger partial charge in [-0.3, -0.25) is 5.41 Å². The molecule has 0 saturated carbocycles. The molecule has 0 atom stereocenters. The third-order valence-corrected chi connectivity index (χ3v) is 7.63. The molecule has 278 valence electrons. The maximum absolute atomic E-state index is 7.89. The van der Waals surface area contributed by atoms with E-state index in [0.29, 0.717) is 26.9 Å². The van der Waals surface area contributed by atoms with Crippen LogP contribution in [0.4, 0.5) is 0 Å². The number of hydrogen-bond acceptors (Lipinski definition) is 12. The van der Waals surface area contributed by atoms with Crippen molar-refractivity contribution >= 4 is 57.8 Å². The second-order valence-electron chi connectivity index (χ2n) is 10.7. The topological polar surface area (TPSA) is 167 Å². The predicted octanol–water partition coefficient (Wildman–Crippen LogP) is 7.80. The van der Waals surface area contributed by atoms with Crippen LogP contribution >= 0.6 is 23.2 Å². The van der Waals surface area contributed by atoms with E-state index in [-0.39, 0.29) is 30.7 Å². The van der Waals surface area contributed by atoms with Crippen molar-refractivity contribution < 1.29 is 28.9 Å². The highest BCUT2D eigenvalue weighted by molar-refractivity contribution is 6.47. The van der Waals surface area contributed by atoms with Gasteiger partial charge in [0.2, 0.25) is 5.90 Å². The summed E-state index contributed by atoms with van der Waals surface area (Å²) in [5.41, 5.74) is 12.9. The largest absolute Gasteiger partial charge is 0.480 e. The van der Waals surface area contributed by atoms with Gasteiger partial charge in [-0.15, -0.1) is 0 Å². The zero-order valence-corrected chi connectivity index (χ0v) is 31.7. The van der Waals surface area contributed by atoms with E-state index in [1.165, 1.54) is 28.4 Å². The fourth-order valence-electron chi connectivity index (χ4n) is 4.51. The van der Waals surface area contributed by atoms with Crippen LogP contribution in [0.3, 0.4) is 0 Å². The van der Waals surface area contributed by atoms with Crippen molar-refractivity contribution in [2.75, 3.05) is 28.4 Å². The van der Waals surface area contributed by atoms with E-state index in [1.807, 2.05) is 86.6 Å². The number of nitrogens with one attached hydrogen (secondary N) is 1. The Labute approximate surface area is 318 Å². The number of nitrogens with zero attached hydrogens (tertiary/aromatic N) is 5. The number of rotatable bonds is 15. The molecule has 15 heteroatoms. The zero-order valence-electron chi connectivity index (χ0n) is 30.2. The Hall–Kier alpha value is -5.92. The van der Waals surface area contributed by atoms with E-state index >= 15 is 0 Å². The number of halogens is 2. The normalized spacial score (nSPS) is 12.3. The standard InChI is InChI=1S/C19H21ClN4O3.C19H20ClN3O3/c1-13(14-8-10-16(20)11-9-14)22-27-12-15-6-4-5-7-17(15)18(23-25-2)19(21)24-26-3;1-13(14-8-10-16(20)11-9-14)22-26-12-15-6-4-5-7-17(15)18(23-25-3)19(21)24-2/h4-11H,12H2,1-3H3,(H2,21,24);4-11,21H,12H2,1-3H3/b22-13+,23-18+;21-19?,22-13+,23-18+. The second kappa shape index (κ2) is 22.1. The lowest BCUT2D eigenvalue weighted by Crippen LogP contribution is -2.26. The van der Waals surface area contributed by atoms with Crippen LogP contribution in [0, 0.1) is 5.41 Å². The summed E-state index contributed by atoms with van der Waals surface area (Å²) in [5.74, 6) is -0.00667. The Kier molecular flexibility index (Phi) is 17.3. The smallest absolute Gasteiger partial charge is 0.236 e. The summed E-state index contributed by atoms with van der Waals surface area (Å²) in [6, 6.07) is 29.6. The maximum atomic E-state index is 7.89. The van der Waals surface area contributed by atoms with Gasteiger partial charge in [-0.25, -0.2) is 0 Å². The number of benzene rings is 4. The van der Waals surface area contributed by atoms with Gasteiger partial charge in [0.05, 0.1) is 18.5 Å². The molecule has 0 radical (unpaired) electrons. The minimum absolute atomic E-state index is 0.0904. The van der Waals surface area contributed by atoms with Crippen molar-refractivity contribution in [1.82, 2.24) is 0 Å². The first-order valence-electron chi connectivity index (χ1n) is 15.9. The van der Waals surface area contributed by atoms with E-state index in [4.69, 9.17) is 63.3 Å². The first kappa shape index (κ1) is 41.5. The summed E-state index contributed by atoms with van der Waals surface area (Å²) in [6.07, 6.45) is 0. The molecule has 0 unspecified atom stereocenters. The Morgan fingerprint density at radius 3 is 1.38 bits per heavy atom. The van der Waals surface area contributed by atoms with Crippen LogP contribution in [-0.4, -0.2) is 63.0 Å². The summed E-state index contributed by atoms with van der Waals surface area (Å²) >= 11 is 11.8. The Bertz CT molecular complexity index is 1950. The van der Waals surface area contributed by atoms with Gasteiger partial charge in [-0.05, 0) is 49.2 Å². The number of nitrogens with two attached hydrogens (primary N) is 1. The van der Waals surface area contributed by atoms with E-state index < -0.39 is 0 Å². The van der Waals surface area contributed by atoms with E-state index in [0.717, 1.165) is 33.7 Å². The molecule has 0 fully saturated rings. The molecular formula is C38H41Cl2N7O6. The van der Waals surface area contributed by atoms with E-state index in [2.05, 4.69) is 25.8 Å². The molecule has 0 heterocycles. The molecule has 0 amide bonds. The molecule has 0 aliphatic heterocycles. The molecule has 0 aliphatic rings. The molecule has 3 N–H and O–H groups in total. The fourth-order valence-corrected chi connectivity index (χ4v) is 4.76. The monoisotopic (exact) mass is 761 g/mol. The van der Waals surface area contributed by atoms with Crippen LogP contribution < -0.4 is 5.73 Å². The third-order valence-electron chi connectivity index (χ3n) is 7.13. The molecule has 0 aliphatic carbocycles. The van der Waals surface area contributed by atoms with Gasteiger partial charge >= 0.3 is 0 Å². The molecule has 53 heavy (non-hydrogen) atoms. The van der Waals surface area contributed by atoms with Gasteiger partial charge in [0.15, 0.2) is 17.3 Å². The van der Waals surface area contributed by atoms with Crippen molar-refractivity contribution in [3.63, 3.8) is 0 Å². The van der Waals surface area contributed by atoms with Gasteiger partial charge in [0.1, 0.15) is 34.5 Å². The van der Waals surface area contributed by atoms with Gasteiger partial charge < -0.3 is 34.7 Å². The van der Waals surface area contributed by atoms with Crippen LogP contribution in [0.15, 0.2) is 123 Å². The summed E-state index contributed by atoms with van der Waals surface area (Å²) in [7, 11) is 5.66. The van der Waals surface area contributed by atoms with Crippen LogP contribution in [0.1, 0.15) is 47.2 Å². The highest BCUT2D eigenvalue weighted by atomic mass is 35.5. The number of amidine groups is 1. The molecule has 0 aromatic heterocycles. The van der Waals surface area contributed by atoms with Gasteiger partial charge in [-0.1, -0.05) is 122 Å². The molecule has 4 rings (SSSR count). The van der Waals surface area contributed by atoms with Crippen molar-refractivity contribution in [3.05, 3.63) is 140 Å².